The molecule has 0 saturated carbocycles. The van der Waals surface area contributed by atoms with Gasteiger partial charge in [0.25, 0.3) is 0 Å². The Morgan fingerprint density at radius 2 is 1.73 bits per heavy atom. The van der Waals surface area contributed by atoms with Gasteiger partial charge in [0.2, 0.25) is 0 Å². The number of aromatic carboxylic acids is 1. The molecule has 30 heavy (non-hydrogen) atoms. The largest absolute Gasteiger partial charge is 0.545 e. The highest BCUT2D eigenvalue weighted by molar-refractivity contribution is 5.86. The maximum absolute atomic E-state index is 11.0. The van der Waals surface area contributed by atoms with Gasteiger partial charge in [-0.2, -0.15) is 0 Å². The molecule has 1 heterocycles. The zero-order chi connectivity index (χ0) is 21.1. The van der Waals surface area contributed by atoms with Crippen LogP contribution in [0.25, 0.3) is 22.3 Å². The first kappa shape index (κ1) is 19.5. The van der Waals surface area contributed by atoms with Crippen LogP contribution in [-0.2, 0) is 6.42 Å². The molecular weight excluding hydrogens is 378 g/mol. The zero-order valence-corrected chi connectivity index (χ0v) is 16.7. The fourth-order valence-electron chi connectivity index (χ4n) is 3.24. The summed E-state index contributed by atoms with van der Waals surface area (Å²) >= 11 is 0. The lowest BCUT2D eigenvalue weighted by molar-refractivity contribution is -0.255. The zero-order valence-electron chi connectivity index (χ0n) is 16.7. The molecular formula is C25H20NO4-. The van der Waals surface area contributed by atoms with E-state index in [4.69, 9.17) is 14.1 Å². The van der Waals surface area contributed by atoms with Gasteiger partial charge < -0.3 is 19.1 Å². The minimum Gasteiger partial charge on any atom is -0.545 e. The first-order valence-corrected chi connectivity index (χ1v) is 9.64. The summed E-state index contributed by atoms with van der Waals surface area (Å²) in [5.41, 5.74) is 3.58. The first-order valence-electron chi connectivity index (χ1n) is 9.64. The van der Waals surface area contributed by atoms with Crippen molar-refractivity contribution >= 4 is 22.6 Å². The van der Waals surface area contributed by atoms with Gasteiger partial charge in [0.15, 0.2) is 0 Å². The number of benzene rings is 3. The monoisotopic (exact) mass is 398 g/mol. The Morgan fingerprint density at radius 1 is 1.00 bits per heavy atom. The molecule has 0 aliphatic heterocycles. The number of ether oxygens (including phenoxy) is 1. The highest BCUT2D eigenvalue weighted by atomic mass is 16.5. The van der Waals surface area contributed by atoms with Crippen LogP contribution in [0.15, 0.2) is 82.2 Å². The fraction of sp³-hybridized carbons (Fsp3) is 0.120. The Hall–Kier alpha value is -3.86. The van der Waals surface area contributed by atoms with Crippen LogP contribution in [0.2, 0.25) is 0 Å². The number of aryl methyl sites for hydroxylation is 1. The van der Waals surface area contributed by atoms with E-state index in [2.05, 4.69) is 13.0 Å². The number of carbonyl (C=O) groups is 1. The molecule has 0 aliphatic rings. The van der Waals surface area contributed by atoms with Crippen LogP contribution in [0.3, 0.4) is 0 Å². The molecule has 5 nitrogen and oxygen atoms in total. The Kier molecular flexibility index (Phi) is 5.35. The van der Waals surface area contributed by atoms with Crippen LogP contribution in [0.5, 0.6) is 5.75 Å². The molecule has 0 unspecified atom stereocenters. The van der Waals surface area contributed by atoms with Crippen LogP contribution in [0, 0.1) is 0 Å². The van der Waals surface area contributed by atoms with Crippen LogP contribution in [0.4, 0.5) is 5.69 Å². The van der Waals surface area contributed by atoms with Gasteiger partial charge in [0.1, 0.15) is 17.1 Å². The maximum atomic E-state index is 11.0. The van der Waals surface area contributed by atoms with Gasteiger partial charge in [-0.3, -0.25) is 0 Å². The van der Waals surface area contributed by atoms with Gasteiger partial charge in [-0.25, -0.2) is 4.99 Å². The number of carboxylic acids is 1. The number of fused-ring (bicyclic) bond motifs is 1. The van der Waals surface area contributed by atoms with E-state index in [1.165, 1.54) is 17.7 Å². The Morgan fingerprint density at radius 3 is 2.37 bits per heavy atom. The first-order chi connectivity index (χ1) is 14.6. The minimum atomic E-state index is -1.21. The molecule has 0 N–H and O–H groups in total. The molecule has 1 aromatic heterocycles. The van der Waals surface area contributed by atoms with Gasteiger partial charge >= 0.3 is 0 Å². The summed E-state index contributed by atoms with van der Waals surface area (Å²) in [6.45, 7) is 2.10. The van der Waals surface area contributed by atoms with Gasteiger partial charge in [0, 0.05) is 17.0 Å². The van der Waals surface area contributed by atoms with Crippen molar-refractivity contribution < 1.29 is 19.1 Å². The van der Waals surface area contributed by atoms with E-state index < -0.39 is 5.97 Å². The second-order valence-corrected chi connectivity index (χ2v) is 6.85. The number of hydrogen-bond donors (Lipinski definition) is 0. The highest BCUT2D eigenvalue weighted by Crippen LogP contribution is 2.25. The van der Waals surface area contributed by atoms with Crippen molar-refractivity contribution in [2.45, 2.75) is 13.3 Å². The molecule has 5 heteroatoms. The average molecular weight is 398 g/mol. The standard InChI is InChI=1S/C25H21NO4/c1-3-16-4-13-23-21(14-16)22(26-19-9-5-18(6-10-19)25(27)28)15-24(30-23)17-7-11-20(29-2)12-8-17/h4-15H,3H2,1-2H3,(H,27,28)/p-1. The Labute approximate surface area is 173 Å². The molecule has 0 fully saturated rings. The van der Waals surface area contributed by atoms with Crippen LogP contribution in [-0.4, -0.2) is 13.1 Å². The van der Waals surface area contributed by atoms with E-state index in [0.717, 1.165) is 34.1 Å². The number of rotatable bonds is 5. The molecule has 0 amide bonds. The van der Waals surface area contributed by atoms with Crippen LogP contribution in [0.1, 0.15) is 22.8 Å². The molecule has 3 aromatic carbocycles. The van der Waals surface area contributed by atoms with E-state index in [1.54, 1.807) is 19.2 Å². The fourth-order valence-corrected chi connectivity index (χ4v) is 3.24. The van der Waals surface area contributed by atoms with Crippen molar-refractivity contribution in [3.63, 3.8) is 0 Å². The van der Waals surface area contributed by atoms with Gasteiger partial charge in [-0.05, 0) is 66.1 Å². The van der Waals surface area contributed by atoms with Crippen LogP contribution < -0.4 is 15.2 Å². The second kappa shape index (κ2) is 8.25. The number of methoxy groups -OCH3 is 1. The van der Waals surface area contributed by atoms with E-state index in [9.17, 15) is 9.90 Å². The smallest absolute Gasteiger partial charge is 0.136 e. The summed E-state index contributed by atoms with van der Waals surface area (Å²) in [6.07, 6.45) is 0.899. The van der Waals surface area contributed by atoms with Crippen molar-refractivity contribution in [2.75, 3.05) is 7.11 Å². The quantitative estimate of drug-likeness (QED) is 0.503. The summed E-state index contributed by atoms with van der Waals surface area (Å²) in [5, 5.41) is 12.6. The van der Waals surface area contributed by atoms with Crippen molar-refractivity contribution in [1.29, 1.82) is 0 Å². The van der Waals surface area contributed by atoms with Crippen molar-refractivity contribution in [2.24, 2.45) is 4.99 Å². The minimum absolute atomic E-state index is 0.120. The number of carbonyl (C=O) groups excluding carboxylic acids is 1. The van der Waals surface area contributed by atoms with Crippen molar-refractivity contribution in [1.82, 2.24) is 0 Å². The molecule has 0 atom stereocenters. The Bertz CT molecular complexity index is 1270. The number of hydrogen-bond acceptors (Lipinski definition) is 5. The van der Waals surface area contributed by atoms with Crippen molar-refractivity contribution in [3.05, 3.63) is 89.3 Å². The van der Waals surface area contributed by atoms with Gasteiger partial charge in [-0.1, -0.05) is 25.1 Å². The van der Waals surface area contributed by atoms with E-state index >= 15 is 0 Å². The van der Waals surface area contributed by atoms with E-state index in [-0.39, 0.29) is 5.56 Å². The predicted molar refractivity (Wildman–Crippen MR) is 114 cm³/mol. The lowest BCUT2D eigenvalue weighted by atomic mass is 10.1. The van der Waals surface area contributed by atoms with Gasteiger partial charge in [-0.15, -0.1) is 0 Å². The third-order valence-corrected chi connectivity index (χ3v) is 4.94. The SMILES string of the molecule is CCc1ccc2oc(-c3ccc(OC)cc3)cc(=Nc3ccc(C(=O)[O-])cc3)c2c1. The lowest BCUT2D eigenvalue weighted by Crippen LogP contribution is -2.21. The lowest BCUT2D eigenvalue weighted by Gasteiger charge is -2.08. The average Bonchev–Trinajstić information content (AvgIpc) is 2.79. The molecule has 4 aromatic rings. The van der Waals surface area contributed by atoms with Crippen molar-refractivity contribution in [3.8, 4) is 17.1 Å². The number of carboxylic acid groups (broad SMARTS) is 1. The molecule has 0 bridgehead atoms. The normalized spacial score (nSPS) is 11.6. The maximum Gasteiger partial charge on any atom is 0.136 e. The highest BCUT2D eigenvalue weighted by Gasteiger charge is 2.08. The molecule has 0 radical (unpaired) electrons. The summed E-state index contributed by atoms with van der Waals surface area (Å²) in [5.74, 6) is 0.240. The van der Waals surface area contributed by atoms with Crippen LogP contribution >= 0.6 is 0 Å². The molecule has 0 spiro atoms. The summed E-state index contributed by atoms with van der Waals surface area (Å²) in [4.78, 5) is 15.8. The molecule has 150 valence electrons. The van der Waals surface area contributed by atoms with Gasteiger partial charge in [0.05, 0.1) is 24.1 Å². The molecule has 0 aliphatic carbocycles. The molecule has 0 saturated heterocycles. The summed E-state index contributed by atoms with van der Waals surface area (Å²) < 4.78 is 11.4. The summed E-state index contributed by atoms with van der Waals surface area (Å²) in [6, 6.07) is 21.9. The predicted octanol–water partition coefficient (Wildman–Crippen LogP) is 4.27. The second-order valence-electron chi connectivity index (χ2n) is 6.85. The third kappa shape index (κ3) is 3.96. The Balaban J connectivity index is 1.91. The summed E-state index contributed by atoms with van der Waals surface area (Å²) in [7, 11) is 1.63. The molecule has 4 rings (SSSR count). The number of nitrogens with zero attached hydrogens (tertiary/aromatic N) is 1. The third-order valence-electron chi connectivity index (χ3n) is 4.94. The van der Waals surface area contributed by atoms with E-state index in [0.29, 0.717) is 11.4 Å². The van der Waals surface area contributed by atoms with E-state index in [1.807, 2.05) is 42.5 Å². The topological polar surface area (TPSA) is 74.9 Å².